The van der Waals surface area contributed by atoms with Crippen molar-refractivity contribution in [1.82, 2.24) is 14.7 Å². The minimum atomic E-state index is -0.214. The fraction of sp³-hybridized carbons (Fsp3) is 0.462. The SMILES string of the molecule is Fc1ccc2cnc(CC3CCCCN3)n2c1. The van der Waals surface area contributed by atoms with Crippen LogP contribution in [-0.2, 0) is 6.42 Å². The quantitative estimate of drug-likeness (QED) is 0.861. The summed E-state index contributed by atoms with van der Waals surface area (Å²) in [7, 11) is 0. The maximum atomic E-state index is 13.2. The van der Waals surface area contributed by atoms with E-state index in [1.165, 1.54) is 31.5 Å². The molecule has 0 aliphatic carbocycles. The number of fused-ring (bicyclic) bond motifs is 1. The Hall–Kier alpha value is -1.42. The molecule has 0 saturated carbocycles. The molecule has 17 heavy (non-hydrogen) atoms. The molecule has 2 aromatic rings. The summed E-state index contributed by atoms with van der Waals surface area (Å²) < 4.78 is 15.1. The van der Waals surface area contributed by atoms with E-state index in [1.807, 2.05) is 4.40 Å². The van der Waals surface area contributed by atoms with E-state index in [0.29, 0.717) is 6.04 Å². The van der Waals surface area contributed by atoms with Gasteiger partial charge in [0.05, 0.1) is 11.7 Å². The van der Waals surface area contributed by atoms with Crippen molar-refractivity contribution in [2.75, 3.05) is 6.54 Å². The largest absolute Gasteiger partial charge is 0.314 e. The Kier molecular flexibility index (Phi) is 2.81. The van der Waals surface area contributed by atoms with Gasteiger partial charge in [0, 0.05) is 18.7 Å². The molecule has 1 aliphatic rings. The maximum absolute atomic E-state index is 13.2. The van der Waals surface area contributed by atoms with Gasteiger partial charge in [-0.25, -0.2) is 9.37 Å². The van der Waals surface area contributed by atoms with Crippen LogP contribution in [0.15, 0.2) is 24.5 Å². The van der Waals surface area contributed by atoms with Gasteiger partial charge in [-0.3, -0.25) is 0 Å². The number of nitrogens with zero attached hydrogens (tertiary/aromatic N) is 2. The van der Waals surface area contributed by atoms with Crippen LogP contribution in [0.5, 0.6) is 0 Å². The summed E-state index contributed by atoms with van der Waals surface area (Å²) in [6, 6.07) is 3.72. The zero-order valence-electron chi connectivity index (χ0n) is 9.69. The first kappa shape index (κ1) is 10.7. The molecule has 3 heterocycles. The first-order valence-electron chi connectivity index (χ1n) is 6.18. The lowest BCUT2D eigenvalue weighted by Gasteiger charge is -2.22. The van der Waals surface area contributed by atoms with Gasteiger partial charge in [-0.05, 0) is 31.5 Å². The lowest BCUT2D eigenvalue weighted by molar-refractivity contribution is 0.394. The van der Waals surface area contributed by atoms with Gasteiger partial charge in [-0.2, -0.15) is 0 Å². The average molecular weight is 233 g/mol. The topological polar surface area (TPSA) is 29.3 Å². The second-order valence-electron chi connectivity index (χ2n) is 4.67. The molecular weight excluding hydrogens is 217 g/mol. The zero-order valence-corrected chi connectivity index (χ0v) is 9.69. The van der Waals surface area contributed by atoms with Crippen LogP contribution in [0.25, 0.3) is 5.52 Å². The van der Waals surface area contributed by atoms with E-state index in [0.717, 1.165) is 24.3 Å². The highest BCUT2D eigenvalue weighted by Crippen LogP contribution is 2.14. The Bertz CT molecular complexity index is 514. The molecule has 0 bridgehead atoms. The number of halogens is 1. The Morgan fingerprint density at radius 3 is 3.18 bits per heavy atom. The van der Waals surface area contributed by atoms with Crippen molar-refractivity contribution < 1.29 is 4.39 Å². The van der Waals surface area contributed by atoms with Crippen molar-refractivity contribution in [3.8, 4) is 0 Å². The van der Waals surface area contributed by atoms with E-state index in [4.69, 9.17) is 0 Å². The number of aromatic nitrogens is 2. The van der Waals surface area contributed by atoms with Crippen molar-refractivity contribution in [1.29, 1.82) is 0 Å². The highest BCUT2D eigenvalue weighted by Gasteiger charge is 2.15. The third-order valence-electron chi connectivity index (χ3n) is 3.41. The summed E-state index contributed by atoms with van der Waals surface area (Å²) in [5, 5.41) is 3.49. The maximum Gasteiger partial charge on any atom is 0.139 e. The van der Waals surface area contributed by atoms with E-state index >= 15 is 0 Å². The molecule has 90 valence electrons. The second-order valence-corrected chi connectivity index (χ2v) is 4.67. The molecular formula is C13H16FN3. The van der Waals surface area contributed by atoms with Crippen molar-refractivity contribution in [3.63, 3.8) is 0 Å². The van der Waals surface area contributed by atoms with Crippen LogP contribution in [0, 0.1) is 5.82 Å². The second kappa shape index (κ2) is 4.45. The summed E-state index contributed by atoms with van der Waals surface area (Å²) in [6.45, 7) is 1.09. The van der Waals surface area contributed by atoms with E-state index < -0.39 is 0 Å². The predicted octanol–water partition coefficient (Wildman–Crippen LogP) is 2.16. The third-order valence-corrected chi connectivity index (χ3v) is 3.41. The summed E-state index contributed by atoms with van der Waals surface area (Å²) in [4.78, 5) is 4.39. The van der Waals surface area contributed by atoms with Gasteiger partial charge in [0.2, 0.25) is 0 Å². The van der Waals surface area contributed by atoms with Gasteiger partial charge in [0.15, 0.2) is 0 Å². The summed E-state index contributed by atoms with van der Waals surface area (Å²) >= 11 is 0. The van der Waals surface area contributed by atoms with Gasteiger partial charge in [0.25, 0.3) is 0 Å². The highest BCUT2D eigenvalue weighted by molar-refractivity contribution is 5.45. The first-order valence-corrected chi connectivity index (χ1v) is 6.18. The molecule has 3 rings (SSSR count). The molecule has 1 aliphatic heterocycles. The molecule has 0 spiro atoms. The molecule has 0 radical (unpaired) electrons. The molecule has 4 heteroatoms. The molecule has 1 unspecified atom stereocenters. The normalized spacial score (nSPS) is 20.9. The molecule has 2 aromatic heterocycles. The Labute approximate surface area is 99.7 Å². The third kappa shape index (κ3) is 2.17. The van der Waals surface area contributed by atoms with Crippen LogP contribution in [0.3, 0.4) is 0 Å². The van der Waals surface area contributed by atoms with Crippen LogP contribution in [0.2, 0.25) is 0 Å². The summed E-state index contributed by atoms with van der Waals surface area (Å²) in [6.07, 6.45) is 7.91. The zero-order chi connectivity index (χ0) is 11.7. The monoisotopic (exact) mass is 233 g/mol. The van der Waals surface area contributed by atoms with Gasteiger partial charge in [-0.1, -0.05) is 6.42 Å². The van der Waals surface area contributed by atoms with Crippen molar-refractivity contribution >= 4 is 5.52 Å². The van der Waals surface area contributed by atoms with Crippen LogP contribution in [-0.4, -0.2) is 22.0 Å². The minimum absolute atomic E-state index is 0.214. The first-order chi connectivity index (χ1) is 8.33. The number of pyridine rings is 1. The number of nitrogens with one attached hydrogen (secondary N) is 1. The molecule has 1 atom stereocenters. The molecule has 1 N–H and O–H groups in total. The van der Waals surface area contributed by atoms with Gasteiger partial charge in [-0.15, -0.1) is 0 Å². The fourth-order valence-electron chi connectivity index (χ4n) is 2.49. The highest BCUT2D eigenvalue weighted by atomic mass is 19.1. The molecule has 1 fully saturated rings. The number of rotatable bonds is 2. The number of hydrogen-bond donors (Lipinski definition) is 1. The number of hydrogen-bond acceptors (Lipinski definition) is 2. The van der Waals surface area contributed by atoms with E-state index in [2.05, 4.69) is 10.3 Å². The summed E-state index contributed by atoms with van der Waals surface area (Å²) in [5.41, 5.74) is 0.956. The smallest absolute Gasteiger partial charge is 0.139 e. The van der Waals surface area contributed by atoms with Crippen LogP contribution >= 0.6 is 0 Å². The average Bonchev–Trinajstić information content (AvgIpc) is 2.73. The predicted molar refractivity (Wildman–Crippen MR) is 64.5 cm³/mol. The van der Waals surface area contributed by atoms with Gasteiger partial charge < -0.3 is 9.72 Å². The molecule has 1 saturated heterocycles. The Morgan fingerprint density at radius 1 is 1.41 bits per heavy atom. The van der Waals surface area contributed by atoms with Crippen LogP contribution in [0.4, 0.5) is 4.39 Å². The summed E-state index contributed by atoms with van der Waals surface area (Å²) in [5.74, 6) is 0.729. The Morgan fingerprint density at radius 2 is 2.35 bits per heavy atom. The van der Waals surface area contributed by atoms with Crippen molar-refractivity contribution in [2.45, 2.75) is 31.7 Å². The standard InChI is InChI=1S/C13H16FN3/c14-10-4-5-12-8-16-13(17(12)9-10)7-11-3-1-2-6-15-11/h4-5,8-9,11,15H,1-3,6-7H2. The minimum Gasteiger partial charge on any atom is -0.314 e. The van der Waals surface area contributed by atoms with Gasteiger partial charge >= 0.3 is 0 Å². The molecule has 0 amide bonds. The lowest BCUT2D eigenvalue weighted by atomic mass is 10.0. The lowest BCUT2D eigenvalue weighted by Crippen LogP contribution is -2.36. The van der Waals surface area contributed by atoms with Crippen LogP contribution in [0.1, 0.15) is 25.1 Å². The van der Waals surface area contributed by atoms with E-state index in [-0.39, 0.29) is 5.82 Å². The van der Waals surface area contributed by atoms with Crippen molar-refractivity contribution in [3.05, 3.63) is 36.2 Å². The van der Waals surface area contributed by atoms with E-state index in [9.17, 15) is 4.39 Å². The van der Waals surface area contributed by atoms with E-state index in [1.54, 1.807) is 12.3 Å². The fourth-order valence-corrected chi connectivity index (χ4v) is 2.49. The molecule has 0 aromatic carbocycles. The van der Waals surface area contributed by atoms with Crippen molar-refractivity contribution in [2.24, 2.45) is 0 Å². The van der Waals surface area contributed by atoms with Gasteiger partial charge in [0.1, 0.15) is 11.6 Å². The number of imidazole rings is 1. The molecule has 3 nitrogen and oxygen atoms in total. The van der Waals surface area contributed by atoms with Crippen LogP contribution < -0.4 is 5.32 Å². The number of piperidine rings is 1. The Balaban J connectivity index is 1.86.